The molecule has 1 fully saturated rings. The van der Waals surface area contributed by atoms with Gasteiger partial charge in [-0.25, -0.2) is 4.79 Å². The Hall–Kier alpha value is -1.27. The van der Waals surface area contributed by atoms with Crippen LogP contribution >= 0.6 is 15.9 Å². The van der Waals surface area contributed by atoms with E-state index in [1.807, 2.05) is 25.1 Å². The first kappa shape index (κ1) is 14.1. The second kappa shape index (κ2) is 5.79. The monoisotopic (exact) mass is 327 g/mol. The molecule has 1 saturated heterocycles. The third-order valence-corrected chi connectivity index (χ3v) is 3.87. The van der Waals surface area contributed by atoms with Crippen LogP contribution in [0.3, 0.4) is 0 Å². The Morgan fingerprint density at radius 2 is 2.37 bits per heavy atom. The van der Waals surface area contributed by atoms with E-state index in [4.69, 9.17) is 10.5 Å². The number of rotatable bonds is 4. The average Bonchev–Trinajstić information content (AvgIpc) is 2.79. The van der Waals surface area contributed by atoms with Gasteiger partial charge in [-0.15, -0.1) is 0 Å². The molecule has 6 heteroatoms. The van der Waals surface area contributed by atoms with E-state index in [-0.39, 0.29) is 18.1 Å². The fraction of sp³-hybridized carbons (Fsp3) is 0.462. The minimum Gasteiger partial charge on any atom is -0.496 e. The van der Waals surface area contributed by atoms with Crippen LogP contribution in [0.2, 0.25) is 0 Å². The number of benzene rings is 1. The number of ether oxygens (including phenoxy) is 1. The fourth-order valence-corrected chi connectivity index (χ4v) is 2.60. The van der Waals surface area contributed by atoms with E-state index in [2.05, 4.69) is 21.2 Å². The number of nitrogens with zero attached hydrogens (tertiary/aromatic N) is 1. The lowest BCUT2D eigenvalue weighted by Gasteiger charge is -2.21. The fourth-order valence-electron chi connectivity index (χ4n) is 2.22. The zero-order chi connectivity index (χ0) is 14.0. The Labute approximate surface area is 121 Å². The number of nitrogens with two attached hydrogens (primary N) is 1. The number of carbonyl (C=O) groups excluding carboxylic acids is 1. The van der Waals surface area contributed by atoms with Crippen molar-refractivity contribution in [3.8, 4) is 5.75 Å². The lowest BCUT2D eigenvalue weighted by molar-refractivity contribution is 0.203. The van der Waals surface area contributed by atoms with Gasteiger partial charge in [-0.05, 0) is 25.1 Å². The third-order valence-electron chi connectivity index (χ3n) is 3.38. The normalized spacial score (nSPS) is 20.3. The van der Waals surface area contributed by atoms with E-state index in [1.54, 1.807) is 12.0 Å². The summed E-state index contributed by atoms with van der Waals surface area (Å²) in [6.45, 7) is 3.00. The van der Waals surface area contributed by atoms with E-state index in [0.717, 1.165) is 15.8 Å². The summed E-state index contributed by atoms with van der Waals surface area (Å²) in [4.78, 5) is 13.7. The van der Waals surface area contributed by atoms with Crippen molar-refractivity contribution < 1.29 is 9.53 Å². The van der Waals surface area contributed by atoms with E-state index in [1.165, 1.54) is 0 Å². The number of urea groups is 1. The molecule has 0 spiro atoms. The zero-order valence-electron chi connectivity index (χ0n) is 11.0. The SMILES string of the molecule is COc1ccc(Br)cc1C1CN(C(C)CN)C(=O)N1. The maximum Gasteiger partial charge on any atom is 0.318 e. The number of carbonyl (C=O) groups is 1. The minimum absolute atomic E-state index is 0.0307. The van der Waals surface area contributed by atoms with Crippen LogP contribution in [-0.4, -0.2) is 37.2 Å². The van der Waals surface area contributed by atoms with Gasteiger partial charge in [0.15, 0.2) is 0 Å². The molecule has 1 heterocycles. The number of hydrogen-bond acceptors (Lipinski definition) is 3. The quantitative estimate of drug-likeness (QED) is 0.887. The summed E-state index contributed by atoms with van der Waals surface area (Å²) < 4.78 is 6.32. The van der Waals surface area contributed by atoms with Crippen LogP contribution in [0.25, 0.3) is 0 Å². The first-order valence-corrected chi connectivity index (χ1v) is 6.96. The summed E-state index contributed by atoms with van der Waals surface area (Å²) >= 11 is 3.44. The van der Waals surface area contributed by atoms with Crippen LogP contribution in [0.1, 0.15) is 18.5 Å². The molecule has 2 amide bonds. The molecular weight excluding hydrogens is 310 g/mol. The highest BCUT2D eigenvalue weighted by molar-refractivity contribution is 9.10. The highest BCUT2D eigenvalue weighted by Crippen LogP contribution is 2.31. The molecule has 2 rings (SSSR count). The van der Waals surface area contributed by atoms with Crippen LogP contribution in [-0.2, 0) is 0 Å². The molecule has 0 aliphatic carbocycles. The van der Waals surface area contributed by atoms with Crippen molar-refractivity contribution >= 4 is 22.0 Å². The summed E-state index contributed by atoms with van der Waals surface area (Å²) in [5, 5.41) is 2.97. The van der Waals surface area contributed by atoms with Gasteiger partial charge in [0.05, 0.1) is 13.2 Å². The summed E-state index contributed by atoms with van der Waals surface area (Å²) in [6, 6.07) is 5.66. The molecule has 5 nitrogen and oxygen atoms in total. The van der Waals surface area contributed by atoms with Crippen LogP contribution < -0.4 is 15.8 Å². The van der Waals surface area contributed by atoms with Crippen LogP contribution in [0, 0.1) is 0 Å². The maximum absolute atomic E-state index is 11.9. The third kappa shape index (κ3) is 2.84. The van der Waals surface area contributed by atoms with Crippen molar-refractivity contribution in [3.63, 3.8) is 0 Å². The van der Waals surface area contributed by atoms with Crippen LogP contribution in [0.4, 0.5) is 4.79 Å². The molecule has 0 bridgehead atoms. The average molecular weight is 328 g/mol. The molecule has 1 aliphatic heterocycles. The van der Waals surface area contributed by atoms with E-state index >= 15 is 0 Å². The second-order valence-electron chi connectivity index (χ2n) is 4.63. The van der Waals surface area contributed by atoms with Gasteiger partial charge in [0.2, 0.25) is 0 Å². The highest BCUT2D eigenvalue weighted by Gasteiger charge is 2.33. The summed E-state index contributed by atoms with van der Waals surface area (Å²) in [5.74, 6) is 0.774. The van der Waals surface area contributed by atoms with Gasteiger partial charge in [-0.1, -0.05) is 15.9 Å². The molecule has 0 saturated carbocycles. The lowest BCUT2D eigenvalue weighted by Crippen LogP contribution is -2.40. The Bertz CT molecular complexity index is 481. The number of hydrogen-bond donors (Lipinski definition) is 2. The van der Waals surface area contributed by atoms with Gasteiger partial charge in [0.25, 0.3) is 0 Å². The van der Waals surface area contributed by atoms with Crippen molar-refractivity contribution in [2.45, 2.75) is 19.0 Å². The molecule has 1 aromatic carbocycles. The molecule has 19 heavy (non-hydrogen) atoms. The van der Waals surface area contributed by atoms with Gasteiger partial charge in [0.1, 0.15) is 5.75 Å². The first-order chi connectivity index (χ1) is 9.06. The van der Waals surface area contributed by atoms with Crippen molar-refractivity contribution in [1.82, 2.24) is 10.2 Å². The Kier molecular flexibility index (Phi) is 4.31. The number of halogens is 1. The van der Waals surface area contributed by atoms with Crippen molar-refractivity contribution in [2.75, 3.05) is 20.2 Å². The molecule has 104 valence electrons. The van der Waals surface area contributed by atoms with Crippen molar-refractivity contribution in [1.29, 1.82) is 0 Å². The Morgan fingerprint density at radius 1 is 1.63 bits per heavy atom. The number of nitrogens with one attached hydrogen (secondary N) is 1. The number of methoxy groups -OCH3 is 1. The predicted octanol–water partition coefficient (Wildman–Crippen LogP) is 1.87. The van der Waals surface area contributed by atoms with Gasteiger partial charge >= 0.3 is 6.03 Å². The topological polar surface area (TPSA) is 67.6 Å². The van der Waals surface area contributed by atoms with E-state index in [0.29, 0.717) is 13.1 Å². The molecule has 3 N–H and O–H groups in total. The van der Waals surface area contributed by atoms with Gasteiger partial charge < -0.3 is 20.7 Å². The smallest absolute Gasteiger partial charge is 0.318 e. The van der Waals surface area contributed by atoms with E-state index in [9.17, 15) is 4.79 Å². The predicted molar refractivity (Wildman–Crippen MR) is 77.2 cm³/mol. The maximum atomic E-state index is 11.9. The molecule has 1 aliphatic rings. The van der Waals surface area contributed by atoms with Crippen molar-refractivity contribution in [2.24, 2.45) is 5.73 Å². The lowest BCUT2D eigenvalue weighted by atomic mass is 10.1. The zero-order valence-corrected chi connectivity index (χ0v) is 12.6. The molecule has 2 unspecified atom stereocenters. The van der Waals surface area contributed by atoms with Gasteiger partial charge in [-0.2, -0.15) is 0 Å². The molecule has 0 aromatic heterocycles. The summed E-state index contributed by atoms with van der Waals surface area (Å²) in [5.41, 5.74) is 6.59. The number of amides is 2. The second-order valence-corrected chi connectivity index (χ2v) is 5.54. The molecular formula is C13H18BrN3O2. The largest absolute Gasteiger partial charge is 0.496 e. The van der Waals surface area contributed by atoms with E-state index < -0.39 is 0 Å². The highest BCUT2D eigenvalue weighted by atomic mass is 79.9. The molecule has 1 aromatic rings. The Balaban J connectivity index is 2.25. The summed E-state index contributed by atoms with van der Waals surface area (Å²) in [7, 11) is 1.63. The first-order valence-electron chi connectivity index (χ1n) is 6.17. The van der Waals surface area contributed by atoms with Crippen molar-refractivity contribution in [3.05, 3.63) is 28.2 Å². The van der Waals surface area contributed by atoms with Crippen LogP contribution in [0.15, 0.2) is 22.7 Å². The molecule has 2 atom stereocenters. The van der Waals surface area contributed by atoms with Gasteiger partial charge in [0, 0.05) is 29.2 Å². The Morgan fingerprint density at radius 3 is 3.00 bits per heavy atom. The standard InChI is InChI=1S/C13H18BrN3O2/c1-8(6-15)17-7-11(16-13(17)18)10-5-9(14)3-4-12(10)19-2/h3-5,8,11H,6-7,15H2,1-2H3,(H,16,18). The molecule has 0 radical (unpaired) electrons. The van der Waals surface area contributed by atoms with Gasteiger partial charge in [-0.3, -0.25) is 0 Å². The van der Waals surface area contributed by atoms with Crippen LogP contribution in [0.5, 0.6) is 5.75 Å². The summed E-state index contributed by atoms with van der Waals surface area (Å²) in [6.07, 6.45) is 0. The minimum atomic E-state index is -0.0787.